The highest BCUT2D eigenvalue weighted by Crippen LogP contribution is 2.27. The third kappa shape index (κ3) is 4.68. The van der Waals surface area contributed by atoms with Gasteiger partial charge in [0.05, 0.1) is 12.1 Å². The maximum absolute atomic E-state index is 12.9. The number of benzene rings is 2. The molecule has 2 aromatic carbocycles. The monoisotopic (exact) mass is 427 g/mol. The summed E-state index contributed by atoms with van der Waals surface area (Å²) in [6.45, 7) is 8.31. The van der Waals surface area contributed by atoms with E-state index in [1.165, 1.54) is 5.69 Å². The van der Waals surface area contributed by atoms with Gasteiger partial charge in [0.15, 0.2) is 0 Å². The summed E-state index contributed by atoms with van der Waals surface area (Å²) in [6, 6.07) is 22.8. The predicted molar refractivity (Wildman–Crippen MR) is 128 cm³/mol. The molecule has 3 aromatic rings. The lowest BCUT2D eigenvalue weighted by molar-refractivity contribution is -0.117. The van der Waals surface area contributed by atoms with Crippen LogP contribution in [-0.4, -0.2) is 48.1 Å². The average molecular weight is 428 g/mol. The molecule has 1 aliphatic rings. The van der Waals surface area contributed by atoms with E-state index < -0.39 is 0 Å². The summed E-state index contributed by atoms with van der Waals surface area (Å²) in [5.41, 5.74) is 4.80. The van der Waals surface area contributed by atoms with E-state index in [1.807, 2.05) is 42.7 Å². The number of hydrogen-bond acceptors (Lipinski definition) is 4. The van der Waals surface area contributed by atoms with Crippen molar-refractivity contribution in [2.75, 3.05) is 42.9 Å². The van der Waals surface area contributed by atoms with E-state index in [0.29, 0.717) is 24.5 Å². The van der Waals surface area contributed by atoms with Crippen LogP contribution in [-0.2, 0) is 11.3 Å². The molecule has 1 N–H and O–H groups in total. The summed E-state index contributed by atoms with van der Waals surface area (Å²) in [4.78, 5) is 17.5. The van der Waals surface area contributed by atoms with E-state index in [9.17, 15) is 10.1 Å². The van der Waals surface area contributed by atoms with Crippen molar-refractivity contribution < 1.29 is 4.79 Å². The molecule has 0 unspecified atom stereocenters. The molecule has 0 atom stereocenters. The molecule has 32 heavy (non-hydrogen) atoms. The largest absolute Gasteiger partial charge is 0.369 e. The minimum Gasteiger partial charge on any atom is -0.369 e. The van der Waals surface area contributed by atoms with Crippen LogP contribution in [0.3, 0.4) is 0 Å². The standard InChI is InChI=1S/C26H29N5O/c1-20-21(2)31(18-22-9-5-3-6-10-22)26(24(20)17-27)28-25(32)19-29-13-15-30(16-14-29)23-11-7-4-8-12-23/h3-12H,13-16,18-19H2,1-2H3,(H,28,32). The zero-order chi connectivity index (χ0) is 22.5. The van der Waals surface area contributed by atoms with Crippen molar-refractivity contribution in [1.29, 1.82) is 5.26 Å². The van der Waals surface area contributed by atoms with Crippen LogP contribution < -0.4 is 10.2 Å². The highest BCUT2D eigenvalue weighted by molar-refractivity contribution is 5.93. The quantitative estimate of drug-likeness (QED) is 0.650. The first-order valence-electron chi connectivity index (χ1n) is 11.0. The molecular weight excluding hydrogens is 398 g/mol. The van der Waals surface area contributed by atoms with Gasteiger partial charge in [0.25, 0.3) is 0 Å². The fraction of sp³-hybridized carbons (Fsp3) is 0.308. The van der Waals surface area contributed by atoms with Crippen molar-refractivity contribution in [1.82, 2.24) is 9.47 Å². The first-order chi connectivity index (χ1) is 15.6. The first-order valence-corrected chi connectivity index (χ1v) is 11.0. The highest BCUT2D eigenvalue weighted by atomic mass is 16.2. The molecule has 2 heterocycles. The Kier molecular flexibility index (Phi) is 6.58. The second-order valence-corrected chi connectivity index (χ2v) is 8.26. The normalized spacial score (nSPS) is 14.2. The summed E-state index contributed by atoms with van der Waals surface area (Å²) in [5.74, 6) is 0.515. The van der Waals surface area contributed by atoms with Gasteiger partial charge in [0, 0.05) is 44.1 Å². The number of nitrogens with one attached hydrogen (secondary N) is 1. The molecule has 1 saturated heterocycles. The van der Waals surface area contributed by atoms with Crippen LogP contribution in [0.4, 0.5) is 11.5 Å². The molecule has 164 valence electrons. The second kappa shape index (κ2) is 9.71. The predicted octanol–water partition coefficient (Wildman–Crippen LogP) is 3.79. The van der Waals surface area contributed by atoms with Crippen LogP contribution in [0.25, 0.3) is 0 Å². The van der Waals surface area contributed by atoms with Crippen molar-refractivity contribution in [3.05, 3.63) is 83.0 Å². The molecule has 1 amide bonds. The summed E-state index contributed by atoms with van der Waals surface area (Å²) >= 11 is 0. The zero-order valence-electron chi connectivity index (χ0n) is 18.7. The summed E-state index contributed by atoms with van der Waals surface area (Å²) in [6.07, 6.45) is 0. The minimum absolute atomic E-state index is 0.0820. The molecule has 1 fully saturated rings. The molecule has 0 saturated carbocycles. The number of carbonyl (C=O) groups excluding carboxylic acids is 1. The number of carbonyl (C=O) groups is 1. The van der Waals surface area contributed by atoms with Crippen LogP contribution in [0.2, 0.25) is 0 Å². The Hall–Kier alpha value is -3.56. The first kappa shape index (κ1) is 21.7. The number of nitriles is 1. The van der Waals surface area contributed by atoms with Gasteiger partial charge >= 0.3 is 0 Å². The Morgan fingerprint density at radius 1 is 0.969 bits per heavy atom. The zero-order valence-corrected chi connectivity index (χ0v) is 18.7. The van der Waals surface area contributed by atoms with E-state index in [1.54, 1.807) is 0 Å². The van der Waals surface area contributed by atoms with Gasteiger partial charge in [0.2, 0.25) is 5.91 Å². The number of aromatic nitrogens is 1. The molecule has 1 aromatic heterocycles. The lowest BCUT2D eigenvalue weighted by Crippen LogP contribution is -2.48. The summed E-state index contributed by atoms with van der Waals surface area (Å²) in [5, 5.41) is 12.8. The molecule has 0 radical (unpaired) electrons. The minimum atomic E-state index is -0.0820. The van der Waals surface area contributed by atoms with E-state index in [4.69, 9.17) is 0 Å². The van der Waals surface area contributed by atoms with Gasteiger partial charge in [-0.1, -0.05) is 48.5 Å². The number of rotatable bonds is 6. The van der Waals surface area contributed by atoms with Crippen molar-refractivity contribution in [3.63, 3.8) is 0 Å². The molecule has 0 aliphatic carbocycles. The average Bonchev–Trinajstić information content (AvgIpc) is 3.04. The number of nitrogens with zero attached hydrogens (tertiary/aromatic N) is 4. The Balaban J connectivity index is 1.43. The van der Waals surface area contributed by atoms with Crippen LogP contribution in [0.15, 0.2) is 60.7 Å². The fourth-order valence-electron chi connectivity index (χ4n) is 4.27. The smallest absolute Gasteiger partial charge is 0.239 e. The van der Waals surface area contributed by atoms with Crippen LogP contribution in [0, 0.1) is 25.2 Å². The van der Waals surface area contributed by atoms with Gasteiger partial charge < -0.3 is 14.8 Å². The second-order valence-electron chi connectivity index (χ2n) is 8.26. The van der Waals surface area contributed by atoms with Crippen LogP contribution in [0.1, 0.15) is 22.4 Å². The third-order valence-electron chi connectivity index (χ3n) is 6.24. The van der Waals surface area contributed by atoms with E-state index in [0.717, 1.165) is 43.0 Å². The van der Waals surface area contributed by atoms with Crippen LogP contribution in [0.5, 0.6) is 0 Å². The highest BCUT2D eigenvalue weighted by Gasteiger charge is 2.23. The molecular formula is C26H29N5O. The van der Waals surface area contributed by atoms with Crippen molar-refractivity contribution in [2.45, 2.75) is 20.4 Å². The van der Waals surface area contributed by atoms with Crippen molar-refractivity contribution in [2.24, 2.45) is 0 Å². The van der Waals surface area contributed by atoms with Crippen molar-refractivity contribution >= 4 is 17.4 Å². The van der Waals surface area contributed by atoms with E-state index in [-0.39, 0.29) is 5.91 Å². The number of anilines is 2. The lowest BCUT2D eigenvalue weighted by Gasteiger charge is -2.35. The number of piperazine rings is 1. The molecule has 1 aliphatic heterocycles. The number of para-hydroxylation sites is 1. The molecule has 6 heteroatoms. The van der Waals surface area contributed by atoms with Crippen molar-refractivity contribution in [3.8, 4) is 6.07 Å². The third-order valence-corrected chi connectivity index (χ3v) is 6.24. The van der Waals surface area contributed by atoms with E-state index >= 15 is 0 Å². The molecule has 0 bridgehead atoms. The fourth-order valence-corrected chi connectivity index (χ4v) is 4.27. The van der Waals surface area contributed by atoms with Gasteiger partial charge in [-0.05, 0) is 37.1 Å². The number of amides is 1. The Morgan fingerprint density at radius 3 is 2.22 bits per heavy atom. The lowest BCUT2D eigenvalue weighted by atomic mass is 10.2. The van der Waals surface area contributed by atoms with Gasteiger partial charge in [-0.25, -0.2) is 0 Å². The SMILES string of the molecule is Cc1c(C#N)c(NC(=O)CN2CCN(c3ccccc3)CC2)n(Cc2ccccc2)c1C. The van der Waals surface area contributed by atoms with Crippen LogP contribution >= 0.6 is 0 Å². The Bertz CT molecular complexity index is 1110. The number of hydrogen-bond donors (Lipinski definition) is 1. The maximum atomic E-state index is 12.9. The molecule has 4 rings (SSSR count). The van der Waals surface area contributed by atoms with Gasteiger partial charge in [-0.15, -0.1) is 0 Å². The molecule has 0 spiro atoms. The van der Waals surface area contributed by atoms with Gasteiger partial charge in [0.1, 0.15) is 11.9 Å². The topological polar surface area (TPSA) is 64.3 Å². The molecule has 6 nitrogen and oxygen atoms in total. The summed E-state index contributed by atoms with van der Waals surface area (Å²) < 4.78 is 2.04. The maximum Gasteiger partial charge on any atom is 0.239 e. The Labute approximate surface area is 189 Å². The van der Waals surface area contributed by atoms with Gasteiger partial charge in [-0.2, -0.15) is 5.26 Å². The Morgan fingerprint density at radius 2 is 1.59 bits per heavy atom. The summed E-state index contributed by atoms with van der Waals surface area (Å²) in [7, 11) is 0. The van der Waals surface area contributed by atoms with E-state index in [2.05, 4.69) is 57.6 Å². The van der Waals surface area contributed by atoms with Gasteiger partial charge in [-0.3, -0.25) is 9.69 Å².